The molecule has 0 saturated carbocycles. The number of halogens is 1. The summed E-state index contributed by atoms with van der Waals surface area (Å²) < 4.78 is 17.1. The summed E-state index contributed by atoms with van der Waals surface area (Å²) in [6.07, 6.45) is 4.65. The fourth-order valence-electron chi connectivity index (χ4n) is 3.96. The van der Waals surface area contributed by atoms with Crippen LogP contribution >= 0.6 is 0 Å². The van der Waals surface area contributed by atoms with Crippen molar-refractivity contribution in [2.75, 3.05) is 13.1 Å². The Labute approximate surface area is 161 Å². The van der Waals surface area contributed by atoms with E-state index in [-0.39, 0.29) is 18.3 Å². The summed E-state index contributed by atoms with van der Waals surface area (Å²) in [5.74, 6) is -0.343. The Bertz CT molecular complexity index is 1170. The number of aromatic nitrogens is 2. The monoisotopic (exact) mass is 374 g/mol. The minimum absolute atomic E-state index is 0.0555. The summed E-state index contributed by atoms with van der Waals surface area (Å²) >= 11 is 0. The Balaban J connectivity index is 1.48. The van der Waals surface area contributed by atoms with Crippen LogP contribution in [0.2, 0.25) is 0 Å². The van der Waals surface area contributed by atoms with E-state index < -0.39 is 0 Å². The number of aliphatic imine (C=N–C) groups is 1. The van der Waals surface area contributed by atoms with Crippen molar-refractivity contribution in [3.8, 4) is 11.1 Å². The number of hydrogen-bond acceptors (Lipinski definition) is 3. The molecule has 0 radical (unpaired) electrons. The van der Waals surface area contributed by atoms with Crippen molar-refractivity contribution in [1.82, 2.24) is 14.7 Å². The third-order valence-corrected chi connectivity index (χ3v) is 5.32. The summed E-state index contributed by atoms with van der Waals surface area (Å²) in [5, 5.41) is 5.33. The minimum Gasteiger partial charge on any atom is -0.328 e. The highest BCUT2D eigenvalue weighted by Crippen LogP contribution is 2.29. The maximum absolute atomic E-state index is 15.3. The van der Waals surface area contributed by atoms with Crippen molar-refractivity contribution in [1.29, 1.82) is 0 Å². The molecule has 2 aromatic carbocycles. The number of fused-ring (bicyclic) bond motifs is 2. The highest BCUT2D eigenvalue weighted by molar-refractivity contribution is 6.27. The van der Waals surface area contributed by atoms with Crippen molar-refractivity contribution in [2.24, 2.45) is 12.0 Å². The van der Waals surface area contributed by atoms with Crippen molar-refractivity contribution in [3.05, 3.63) is 65.6 Å². The second kappa shape index (κ2) is 6.41. The first-order valence-electron chi connectivity index (χ1n) is 9.34. The van der Waals surface area contributed by atoms with Gasteiger partial charge >= 0.3 is 0 Å². The summed E-state index contributed by atoms with van der Waals surface area (Å²) in [7, 11) is 1.87. The van der Waals surface area contributed by atoms with Gasteiger partial charge in [0.25, 0.3) is 5.91 Å². The lowest BCUT2D eigenvalue weighted by molar-refractivity contribution is -0.125. The highest BCUT2D eigenvalue weighted by Gasteiger charge is 2.33. The van der Waals surface area contributed by atoms with Gasteiger partial charge in [-0.3, -0.25) is 14.5 Å². The summed E-state index contributed by atoms with van der Waals surface area (Å²) in [5.41, 5.74) is 4.23. The molecule has 5 nitrogen and oxygen atoms in total. The Morgan fingerprint density at radius 3 is 2.96 bits per heavy atom. The van der Waals surface area contributed by atoms with Gasteiger partial charge in [0.2, 0.25) is 0 Å². The molecule has 5 rings (SSSR count). The van der Waals surface area contributed by atoms with Gasteiger partial charge in [-0.25, -0.2) is 4.39 Å². The van der Waals surface area contributed by atoms with Crippen LogP contribution in [0.4, 0.5) is 4.39 Å². The van der Waals surface area contributed by atoms with Gasteiger partial charge in [0.05, 0.1) is 23.3 Å². The molecule has 0 aliphatic carbocycles. The van der Waals surface area contributed by atoms with Crippen molar-refractivity contribution >= 4 is 22.5 Å². The molecule has 2 aliphatic heterocycles. The number of carbonyl (C=O) groups excluding carboxylic acids is 1. The summed E-state index contributed by atoms with van der Waals surface area (Å²) in [6.45, 7) is 1.42. The molecule has 1 saturated heterocycles. The van der Waals surface area contributed by atoms with Crippen LogP contribution < -0.4 is 0 Å². The Hall–Kier alpha value is -3.28. The first kappa shape index (κ1) is 16.9. The van der Waals surface area contributed by atoms with Crippen molar-refractivity contribution < 1.29 is 9.18 Å². The van der Waals surface area contributed by atoms with E-state index in [1.807, 2.05) is 43.6 Å². The fourth-order valence-corrected chi connectivity index (χ4v) is 3.96. The molecule has 0 N–H and O–H groups in total. The normalized spacial score (nSPS) is 16.4. The van der Waals surface area contributed by atoms with Crippen LogP contribution in [0.15, 0.2) is 59.2 Å². The predicted octanol–water partition coefficient (Wildman–Crippen LogP) is 3.49. The van der Waals surface area contributed by atoms with E-state index in [4.69, 9.17) is 0 Å². The van der Waals surface area contributed by atoms with Gasteiger partial charge in [-0.15, -0.1) is 0 Å². The van der Waals surface area contributed by atoms with Crippen LogP contribution in [0.1, 0.15) is 12.0 Å². The molecule has 0 unspecified atom stereocenters. The Kier molecular flexibility index (Phi) is 3.86. The number of benzene rings is 2. The molecule has 2 aliphatic rings. The average Bonchev–Trinajstić information content (AvgIpc) is 3.22. The van der Waals surface area contributed by atoms with Gasteiger partial charge in [0.1, 0.15) is 5.82 Å². The molecule has 1 aromatic heterocycles. The number of likely N-dealkylation sites (tertiary alicyclic amines) is 1. The molecular formula is C22H19FN4O. The molecule has 6 heteroatoms. The zero-order valence-electron chi connectivity index (χ0n) is 15.5. The molecule has 0 atom stereocenters. The summed E-state index contributed by atoms with van der Waals surface area (Å²) in [4.78, 5) is 18.7. The quantitative estimate of drug-likeness (QED) is 0.705. The van der Waals surface area contributed by atoms with E-state index in [1.54, 1.807) is 21.7 Å². The van der Waals surface area contributed by atoms with Gasteiger partial charge in [-0.1, -0.05) is 30.3 Å². The van der Waals surface area contributed by atoms with Crippen LogP contribution in [-0.2, 0) is 18.4 Å². The van der Waals surface area contributed by atoms with Gasteiger partial charge in [-0.05, 0) is 24.1 Å². The average molecular weight is 374 g/mol. The number of carbonyl (C=O) groups is 1. The molecule has 3 aromatic rings. The molecule has 0 bridgehead atoms. The topological polar surface area (TPSA) is 50.5 Å². The van der Waals surface area contributed by atoms with E-state index in [2.05, 4.69) is 10.1 Å². The largest absolute Gasteiger partial charge is 0.328 e. The number of hydrogen-bond donors (Lipinski definition) is 0. The number of amides is 1. The fraction of sp³-hybridized carbons (Fsp3) is 0.227. The van der Waals surface area contributed by atoms with Crippen LogP contribution in [0, 0.1) is 5.82 Å². The third kappa shape index (κ3) is 2.72. The first-order chi connectivity index (χ1) is 13.6. The second-order valence-corrected chi connectivity index (χ2v) is 7.25. The van der Waals surface area contributed by atoms with Gasteiger partial charge in [-0.2, -0.15) is 5.10 Å². The number of dihydropyridines is 1. The molecule has 140 valence electrons. The predicted molar refractivity (Wildman–Crippen MR) is 107 cm³/mol. The number of nitrogens with zero attached hydrogens (tertiary/aromatic N) is 4. The van der Waals surface area contributed by atoms with E-state index in [9.17, 15) is 4.79 Å². The Morgan fingerprint density at radius 1 is 1.21 bits per heavy atom. The lowest BCUT2D eigenvalue weighted by atomic mass is 10.0. The Morgan fingerprint density at radius 2 is 2.11 bits per heavy atom. The number of rotatable bonds is 3. The van der Waals surface area contributed by atoms with Crippen LogP contribution in [0.5, 0.6) is 0 Å². The lowest BCUT2D eigenvalue weighted by Crippen LogP contribution is -2.25. The van der Waals surface area contributed by atoms with E-state index in [1.165, 1.54) is 0 Å². The minimum atomic E-state index is -0.288. The van der Waals surface area contributed by atoms with E-state index in [0.717, 1.165) is 35.1 Å². The highest BCUT2D eigenvalue weighted by atomic mass is 19.1. The van der Waals surface area contributed by atoms with Gasteiger partial charge < -0.3 is 4.90 Å². The second-order valence-electron chi connectivity index (χ2n) is 7.25. The molecule has 3 heterocycles. The SMILES string of the molecule is Cn1cc2cc(-c3cccc(CN4CC5=NCCC=C5C4=O)c3F)ccc2n1. The molecule has 1 fully saturated rings. The van der Waals surface area contributed by atoms with Crippen LogP contribution in [0.3, 0.4) is 0 Å². The third-order valence-electron chi connectivity index (χ3n) is 5.32. The zero-order chi connectivity index (χ0) is 19.3. The molecule has 28 heavy (non-hydrogen) atoms. The van der Waals surface area contributed by atoms with Crippen molar-refractivity contribution in [2.45, 2.75) is 13.0 Å². The van der Waals surface area contributed by atoms with E-state index >= 15 is 4.39 Å². The molecule has 1 amide bonds. The van der Waals surface area contributed by atoms with Crippen LogP contribution in [0.25, 0.3) is 22.0 Å². The molecular weight excluding hydrogens is 355 g/mol. The zero-order valence-corrected chi connectivity index (χ0v) is 15.5. The van der Waals surface area contributed by atoms with Gasteiger partial charge in [0, 0.05) is 42.8 Å². The maximum atomic E-state index is 15.3. The van der Waals surface area contributed by atoms with Crippen molar-refractivity contribution in [3.63, 3.8) is 0 Å². The lowest BCUT2D eigenvalue weighted by Gasteiger charge is -2.16. The standard InChI is InChI=1S/C22H19FN4O/c1-26-11-16-10-14(7-8-19(16)25-26)17-5-2-4-15(21(17)23)12-27-13-20-18(22(27)28)6-3-9-24-20/h2,4-8,10-11H,3,9,12-13H2,1H3. The number of aryl methyl sites for hydroxylation is 1. The molecule has 0 spiro atoms. The van der Waals surface area contributed by atoms with Crippen LogP contribution in [-0.4, -0.2) is 39.4 Å². The first-order valence-corrected chi connectivity index (χ1v) is 9.34. The van der Waals surface area contributed by atoms with Gasteiger partial charge in [0.15, 0.2) is 0 Å². The smallest absolute Gasteiger partial charge is 0.256 e. The maximum Gasteiger partial charge on any atom is 0.256 e. The van der Waals surface area contributed by atoms with E-state index in [0.29, 0.717) is 23.2 Å². The summed E-state index contributed by atoms with van der Waals surface area (Å²) in [6, 6.07) is 11.1.